The molecule has 3 aromatic carbocycles. The first kappa shape index (κ1) is 19.7. The van der Waals surface area contributed by atoms with Crippen molar-refractivity contribution in [3.63, 3.8) is 0 Å². The summed E-state index contributed by atoms with van der Waals surface area (Å²) in [5, 5.41) is 0. The molecule has 0 bridgehead atoms. The number of halogens is 1. The third-order valence-electron chi connectivity index (χ3n) is 5.46. The summed E-state index contributed by atoms with van der Waals surface area (Å²) in [5.74, 6) is 0.503. The molecule has 0 fully saturated rings. The Labute approximate surface area is 175 Å². The standard InChI is InChI=1S/C25H24FN3O/c1-15-16(2)22(27)14-13-19(15)23-24(20-7-5-6-8-21(20)26)30-25(28-23)17-9-11-18(12-10-17)29(3)4/h5-14H,27H2,1-4H3. The largest absolute Gasteiger partial charge is 0.435 e. The Morgan fingerprint density at radius 3 is 2.23 bits per heavy atom. The Bertz CT molecular complexity index is 1210. The van der Waals surface area contributed by atoms with E-state index in [9.17, 15) is 4.39 Å². The van der Waals surface area contributed by atoms with Crippen molar-refractivity contribution < 1.29 is 8.81 Å². The third kappa shape index (κ3) is 3.43. The molecule has 0 spiro atoms. The Morgan fingerprint density at radius 1 is 0.867 bits per heavy atom. The summed E-state index contributed by atoms with van der Waals surface area (Å²) in [6.45, 7) is 3.96. The molecule has 4 nitrogen and oxygen atoms in total. The number of rotatable bonds is 4. The van der Waals surface area contributed by atoms with Crippen LogP contribution in [0, 0.1) is 19.7 Å². The molecular weight excluding hydrogens is 377 g/mol. The maximum Gasteiger partial charge on any atom is 0.227 e. The van der Waals surface area contributed by atoms with Gasteiger partial charge in [-0.05, 0) is 67.4 Å². The van der Waals surface area contributed by atoms with Crippen molar-refractivity contribution >= 4 is 11.4 Å². The van der Waals surface area contributed by atoms with Crippen molar-refractivity contribution in [2.45, 2.75) is 13.8 Å². The van der Waals surface area contributed by atoms with Gasteiger partial charge in [-0.1, -0.05) is 18.2 Å². The average Bonchev–Trinajstić information content (AvgIpc) is 3.17. The summed E-state index contributed by atoms with van der Waals surface area (Å²) in [6.07, 6.45) is 0. The highest BCUT2D eigenvalue weighted by Gasteiger charge is 2.22. The summed E-state index contributed by atoms with van der Waals surface area (Å²) >= 11 is 0. The van der Waals surface area contributed by atoms with Crippen molar-refractivity contribution in [3.8, 4) is 34.0 Å². The number of aromatic nitrogens is 1. The van der Waals surface area contributed by atoms with E-state index in [1.165, 1.54) is 6.07 Å². The van der Waals surface area contributed by atoms with Gasteiger partial charge in [0.15, 0.2) is 5.76 Å². The van der Waals surface area contributed by atoms with Crippen LogP contribution in [0.3, 0.4) is 0 Å². The normalized spacial score (nSPS) is 11.0. The van der Waals surface area contributed by atoms with E-state index in [-0.39, 0.29) is 5.82 Å². The number of hydrogen-bond acceptors (Lipinski definition) is 4. The molecule has 4 rings (SSSR count). The first-order valence-electron chi connectivity index (χ1n) is 9.76. The van der Waals surface area contributed by atoms with Crippen LogP contribution in [0.4, 0.5) is 15.8 Å². The van der Waals surface area contributed by atoms with Gasteiger partial charge in [-0.25, -0.2) is 9.37 Å². The number of oxazole rings is 1. The lowest BCUT2D eigenvalue weighted by Crippen LogP contribution is -2.07. The highest BCUT2D eigenvalue weighted by atomic mass is 19.1. The zero-order valence-electron chi connectivity index (χ0n) is 17.5. The molecule has 2 N–H and O–H groups in total. The molecule has 1 heterocycles. The van der Waals surface area contributed by atoms with Crippen molar-refractivity contribution in [1.82, 2.24) is 4.98 Å². The van der Waals surface area contributed by atoms with Crippen LogP contribution < -0.4 is 10.6 Å². The van der Waals surface area contributed by atoms with Crippen LogP contribution in [0.15, 0.2) is 65.1 Å². The Balaban J connectivity index is 1.93. The summed E-state index contributed by atoms with van der Waals surface area (Å²) in [7, 11) is 3.97. The second-order valence-corrected chi connectivity index (χ2v) is 7.57. The van der Waals surface area contributed by atoms with Crippen LogP contribution in [0.25, 0.3) is 34.0 Å². The second-order valence-electron chi connectivity index (χ2n) is 7.57. The fourth-order valence-electron chi connectivity index (χ4n) is 3.45. The number of benzene rings is 3. The molecule has 0 unspecified atom stereocenters. The van der Waals surface area contributed by atoms with Gasteiger partial charge in [0, 0.05) is 36.6 Å². The molecule has 152 valence electrons. The van der Waals surface area contributed by atoms with Crippen LogP contribution in [-0.4, -0.2) is 19.1 Å². The smallest absolute Gasteiger partial charge is 0.227 e. The molecule has 1 aromatic heterocycles. The maximum atomic E-state index is 14.7. The lowest BCUT2D eigenvalue weighted by Gasteiger charge is -2.11. The molecule has 0 radical (unpaired) electrons. The fourth-order valence-corrected chi connectivity index (χ4v) is 3.45. The van der Waals surface area contributed by atoms with Gasteiger partial charge in [-0.15, -0.1) is 0 Å². The van der Waals surface area contributed by atoms with E-state index in [2.05, 4.69) is 0 Å². The Hall–Kier alpha value is -3.60. The topological polar surface area (TPSA) is 55.3 Å². The van der Waals surface area contributed by atoms with Crippen molar-refractivity contribution in [2.24, 2.45) is 0 Å². The van der Waals surface area contributed by atoms with Gasteiger partial charge < -0.3 is 15.1 Å². The van der Waals surface area contributed by atoms with E-state index in [0.717, 1.165) is 27.9 Å². The first-order chi connectivity index (χ1) is 14.4. The average molecular weight is 401 g/mol. The highest BCUT2D eigenvalue weighted by Crippen LogP contribution is 2.39. The van der Waals surface area contributed by atoms with Gasteiger partial charge in [-0.3, -0.25) is 0 Å². The lowest BCUT2D eigenvalue weighted by atomic mass is 9.97. The molecule has 0 saturated carbocycles. The van der Waals surface area contributed by atoms with Gasteiger partial charge in [0.05, 0.1) is 5.56 Å². The van der Waals surface area contributed by atoms with Crippen LogP contribution in [0.2, 0.25) is 0 Å². The zero-order valence-corrected chi connectivity index (χ0v) is 17.5. The minimum atomic E-state index is -0.353. The Morgan fingerprint density at radius 2 is 1.57 bits per heavy atom. The zero-order chi connectivity index (χ0) is 21.4. The van der Waals surface area contributed by atoms with Crippen molar-refractivity contribution in [2.75, 3.05) is 24.7 Å². The van der Waals surface area contributed by atoms with Crippen molar-refractivity contribution in [3.05, 3.63) is 77.6 Å². The summed E-state index contributed by atoms with van der Waals surface area (Å²) in [6, 6.07) is 18.3. The van der Waals surface area contributed by atoms with Gasteiger partial charge in [-0.2, -0.15) is 0 Å². The first-order valence-corrected chi connectivity index (χ1v) is 9.76. The SMILES string of the molecule is Cc1c(N)ccc(-c2nc(-c3ccc(N(C)C)cc3)oc2-c2ccccc2F)c1C. The predicted octanol–water partition coefficient (Wildman–Crippen LogP) is 6.08. The van der Waals surface area contributed by atoms with E-state index in [1.54, 1.807) is 18.2 Å². The molecular formula is C25H24FN3O. The molecule has 0 aliphatic carbocycles. The number of anilines is 2. The minimum absolute atomic E-state index is 0.353. The van der Waals surface area contributed by atoms with Crippen LogP contribution in [0.1, 0.15) is 11.1 Å². The van der Waals surface area contributed by atoms with Crippen LogP contribution in [-0.2, 0) is 0 Å². The quantitative estimate of drug-likeness (QED) is 0.421. The summed E-state index contributed by atoms with van der Waals surface area (Å²) in [4.78, 5) is 6.81. The number of nitrogens with zero attached hydrogens (tertiary/aromatic N) is 2. The van der Waals surface area contributed by atoms with Gasteiger partial charge in [0.1, 0.15) is 11.5 Å². The maximum absolute atomic E-state index is 14.7. The summed E-state index contributed by atoms with van der Waals surface area (Å²) < 4.78 is 20.8. The van der Waals surface area contributed by atoms with Crippen molar-refractivity contribution in [1.29, 1.82) is 0 Å². The lowest BCUT2D eigenvalue weighted by molar-refractivity contribution is 0.575. The molecule has 4 aromatic rings. The number of nitrogens with two attached hydrogens (primary N) is 1. The van der Waals surface area contributed by atoms with E-state index in [1.807, 2.05) is 69.2 Å². The third-order valence-corrected chi connectivity index (χ3v) is 5.46. The van der Waals surface area contributed by atoms with E-state index < -0.39 is 0 Å². The second kappa shape index (κ2) is 7.67. The Kier molecular flexibility index (Phi) is 5.04. The molecule has 5 heteroatoms. The van der Waals surface area contributed by atoms with E-state index in [0.29, 0.717) is 28.6 Å². The van der Waals surface area contributed by atoms with Gasteiger partial charge in [0.25, 0.3) is 0 Å². The van der Waals surface area contributed by atoms with Crippen LogP contribution >= 0.6 is 0 Å². The van der Waals surface area contributed by atoms with Gasteiger partial charge in [0.2, 0.25) is 5.89 Å². The molecule has 0 aliphatic heterocycles. The molecule has 0 aliphatic rings. The van der Waals surface area contributed by atoms with E-state index in [4.69, 9.17) is 15.1 Å². The van der Waals surface area contributed by atoms with E-state index >= 15 is 0 Å². The fraction of sp³-hybridized carbons (Fsp3) is 0.160. The summed E-state index contributed by atoms with van der Waals surface area (Å²) in [5.41, 5.74) is 12.5. The minimum Gasteiger partial charge on any atom is -0.435 e. The highest BCUT2D eigenvalue weighted by molar-refractivity contribution is 5.82. The monoisotopic (exact) mass is 401 g/mol. The molecule has 0 saturated heterocycles. The number of nitrogen functional groups attached to an aromatic ring is 1. The predicted molar refractivity (Wildman–Crippen MR) is 121 cm³/mol. The van der Waals surface area contributed by atoms with Gasteiger partial charge >= 0.3 is 0 Å². The number of hydrogen-bond donors (Lipinski definition) is 1. The molecule has 0 atom stereocenters. The van der Waals surface area contributed by atoms with Crippen LogP contribution in [0.5, 0.6) is 0 Å². The molecule has 30 heavy (non-hydrogen) atoms. The molecule has 0 amide bonds.